The molecule has 2 aromatic heterocycles. The van der Waals surface area contributed by atoms with Gasteiger partial charge < -0.3 is 4.74 Å². The van der Waals surface area contributed by atoms with Crippen molar-refractivity contribution in [2.75, 3.05) is 6.61 Å². The Hall–Kier alpha value is -2.19. The van der Waals surface area contributed by atoms with E-state index in [9.17, 15) is 18.0 Å². The highest BCUT2D eigenvalue weighted by Crippen LogP contribution is 2.26. The average molecular weight is 274 g/mol. The Morgan fingerprint density at radius 3 is 2.74 bits per heavy atom. The molecule has 0 aliphatic rings. The molecule has 0 N–H and O–H groups in total. The van der Waals surface area contributed by atoms with Crippen LogP contribution >= 0.6 is 0 Å². The minimum atomic E-state index is -4.70. The van der Waals surface area contributed by atoms with E-state index >= 15 is 0 Å². The lowest BCUT2D eigenvalue weighted by atomic mass is 10.2. The summed E-state index contributed by atoms with van der Waals surface area (Å²) < 4.78 is 43.1. The molecule has 0 bridgehead atoms. The molecule has 0 fully saturated rings. The standard InChI is InChI=1S/C10H9F3N4O2/c1-3-19-7(18)6-5(2)4-14-9-15-8(10(11,12)13)16-17(6)9/h4H,3H2,1-2H3. The molecule has 0 saturated carbocycles. The zero-order valence-corrected chi connectivity index (χ0v) is 10.0. The number of hydrogen-bond acceptors (Lipinski definition) is 5. The number of nitrogens with zero attached hydrogens (tertiary/aromatic N) is 4. The third-order valence-corrected chi connectivity index (χ3v) is 2.27. The van der Waals surface area contributed by atoms with Crippen molar-refractivity contribution in [2.24, 2.45) is 0 Å². The van der Waals surface area contributed by atoms with Crippen molar-refractivity contribution in [1.82, 2.24) is 19.6 Å². The summed E-state index contributed by atoms with van der Waals surface area (Å²) in [7, 11) is 0. The Morgan fingerprint density at radius 2 is 2.16 bits per heavy atom. The quantitative estimate of drug-likeness (QED) is 0.778. The van der Waals surface area contributed by atoms with Crippen LogP contribution in [-0.4, -0.2) is 32.2 Å². The van der Waals surface area contributed by atoms with Crippen LogP contribution in [0.25, 0.3) is 5.78 Å². The Morgan fingerprint density at radius 1 is 1.47 bits per heavy atom. The van der Waals surface area contributed by atoms with Crippen molar-refractivity contribution >= 4 is 11.7 Å². The van der Waals surface area contributed by atoms with Crippen molar-refractivity contribution in [1.29, 1.82) is 0 Å². The van der Waals surface area contributed by atoms with Crippen LogP contribution in [0.2, 0.25) is 0 Å². The van der Waals surface area contributed by atoms with Gasteiger partial charge in [0.1, 0.15) is 0 Å². The SMILES string of the molecule is CCOC(=O)c1c(C)cnc2nc(C(F)(F)F)nn12. The number of rotatable bonds is 2. The van der Waals surface area contributed by atoms with E-state index in [1.807, 2.05) is 0 Å². The first-order chi connectivity index (χ1) is 8.84. The maximum Gasteiger partial charge on any atom is 0.453 e. The topological polar surface area (TPSA) is 69.4 Å². The molecule has 9 heteroatoms. The van der Waals surface area contributed by atoms with Gasteiger partial charge in [-0.25, -0.2) is 9.78 Å². The van der Waals surface area contributed by atoms with Crippen LogP contribution in [0.5, 0.6) is 0 Å². The van der Waals surface area contributed by atoms with E-state index in [-0.39, 0.29) is 18.1 Å². The predicted octanol–water partition coefficient (Wildman–Crippen LogP) is 1.63. The minimum absolute atomic E-state index is 0.100. The fraction of sp³-hybridized carbons (Fsp3) is 0.400. The summed E-state index contributed by atoms with van der Waals surface area (Å²) in [6.45, 7) is 3.21. The normalized spacial score (nSPS) is 11.8. The van der Waals surface area contributed by atoms with Crippen molar-refractivity contribution in [3.05, 3.63) is 23.3 Å². The zero-order valence-electron chi connectivity index (χ0n) is 10.0. The fourth-order valence-corrected chi connectivity index (χ4v) is 1.49. The highest BCUT2D eigenvalue weighted by Gasteiger charge is 2.37. The van der Waals surface area contributed by atoms with Crippen LogP contribution in [0.15, 0.2) is 6.20 Å². The third-order valence-electron chi connectivity index (χ3n) is 2.27. The smallest absolute Gasteiger partial charge is 0.453 e. The van der Waals surface area contributed by atoms with E-state index in [0.29, 0.717) is 5.56 Å². The molecule has 0 aliphatic heterocycles. The molecular formula is C10H9F3N4O2. The van der Waals surface area contributed by atoms with Crippen molar-refractivity contribution in [3.8, 4) is 0 Å². The maximum absolute atomic E-state index is 12.5. The first-order valence-electron chi connectivity index (χ1n) is 5.31. The van der Waals surface area contributed by atoms with Crippen LogP contribution in [0, 0.1) is 6.92 Å². The number of alkyl halides is 3. The summed E-state index contributed by atoms with van der Waals surface area (Å²) in [5, 5.41) is 3.27. The number of carbonyl (C=O) groups is 1. The summed E-state index contributed by atoms with van der Waals surface area (Å²) in [4.78, 5) is 18.7. The average Bonchev–Trinajstić information content (AvgIpc) is 2.72. The van der Waals surface area contributed by atoms with E-state index in [1.165, 1.54) is 13.1 Å². The summed E-state index contributed by atoms with van der Waals surface area (Å²) >= 11 is 0. The molecule has 2 rings (SSSR count). The minimum Gasteiger partial charge on any atom is -0.461 e. The lowest BCUT2D eigenvalue weighted by Crippen LogP contribution is -2.14. The Bertz CT molecular complexity index is 635. The van der Waals surface area contributed by atoms with Gasteiger partial charge in [-0.1, -0.05) is 0 Å². The summed E-state index contributed by atoms with van der Waals surface area (Å²) in [5.41, 5.74) is 0.236. The number of carbonyl (C=O) groups excluding carboxylic acids is 1. The van der Waals surface area contributed by atoms with Crippen molar-refractivity contribution < 1.29 is 22.7 Å². The van der Waals surface area contributed by atoms with Gasteiger partial charge in [-0.2, -0.15) is 22.7 Å². The Kier molecular flexibility index (Phi) is 3.13. The van der Waals surface area contributed by atoms with Gasteiger partial charge in [0, 0.05) is 11.8 Å². The first kappa shape index (κ1) is 13.2. The monoisotopic (exact) mass is 274 g/mol. The molecule has 0 atom stereocenters. The molecule has 0 aromatic carbocycles. The molecule has 2 heterocycles. The van der Waals surface area contributed by atoms with Crippen molar-refractivity contribution in [3.63, 3.8) is 0 Å². The van der Waals surface area contributed by atoms with Crippen LogP contribution in [0.4, 0.5) is 13.2 Å². The number of esters is 1. The molecule has 0 amide bonds. The molecule has 19 heavy (non-hydrogen) atoms. The van der Waals surface area contributed by atoms with E-state index < -0.39 is 18.0 Å². The van der Waals surface area contributed by atoms with Gasteiger partial charge in [-0.05, 0) is 13.8 Å². The predicted molar refractivity (Wildman–Crippen MR) is 56.5 cm³/mol. The van der Waals surface area contributed by atoms with E-state index in [4.69, 9.17) is 4.74 Å². The van der Waals surface area contributed by atoms with Crippen LogP contribution < -0.4 is 0 Å². The Labute approximate surface area is 105 Å². The second-order valence-corrected chi connectivity index (χ2v) is 3.66. The molecule has 0 saturated heterocycles. The van der Waals surface area contributed by atoms with Gasteiger partial charge in [-0.3, -0.25) is 0 Å². The molecule has 2 aromatic rings. The lowest BCUT2D eigenvalue weighted by Gasteiger charge is -2.05. The van der Waals surface area contributed by atoms with Gasteiger partial charge in [0.2, 0.25) is 0 Å². The number of ether oxygens (including phenoxy) is 1. The van der Waals surface area contributed by atoms with Crippen LogP contribution in [0.1, 0.15) is 28.8 Å². The molecule has 102 valence electrons. The highest BCUT2D eigenvalue weighted by atomic mass is 19.4. The molecule has 0 aliphatic carbocycles. The molecule has 0 spiro atoms. The molecule has 0 unspecified atom stereocenters. The maximum atomic E-state index is 12.5. The van der Waals surface area contributed by atoms with Crippen molar-refractivity contribution in [2.45, 2.75) is 20.0 Å². The van der Waals surface area contributed by atoms with Gasteiger partial charge in [0.25, 0.3) is 11.6 Å². The van der Waals surface area contributed by atoms with Gasteiger partial charge >= 0.3 is 12.1 Å². The number of hydrogen-bond donors (Lipinski definition) is 0. The number of aryl methyl sites for hydroxylation is 1. The van der Waals surface area contributed by atoms with E-state index in [1.54, 1.807) is 6.92 Å². The molecular weight excluding hydrogens is 265 g/mol. The summed E-state index contributed by atoms with van der Waals surface area (Å²) in [5.74, 6) is -2.43. The van der Waals surface area contributed by atoms with E-state index in [0.717, 1.165) is 4.52 Å². The number of fused-ring (bicyclic) bond motifs is 1. The van der Waals surface area contributed by atoms with Gasteiger partial charge in [0.05, 0.1) is 6.61 Å². The fourth-order valence-electron chi connectivity index (χ4n) is 1.49. The molecule has 6 nitrogen and oxygen atoms in total. The second kappa shape index (κ2) is 4.48. The lowest BCUT2D eigenvalue weighted by molar-refractivity contribution is -0.144. The summed E-state index contributed by atoms with van der Waals surface area (Å²) in [6.07, 6.45) is -3.45. The zero-order chi connectivity index (χ0) is 14.2. The number of aromatic nitrogens is 4. The number of halogens is 3. The van der Waals surface area contributed by atoms with Crippen LogP contribution in [-0.2, 0) is 10.9 Å². The largest absolute Gasteiger partial charge is 0.461 e. The van der Waals surface area contributed by atoms with Gasteiger partial charge in [0.15, 0.2) is 5.69 Å². The van der Waals surface area contributed by atoms with Gasteiger partial charge in [-0.15, -0.1) is 5.10 Å². The van der Waals surface area contributed by atoms with Crippen LogP contribution in [0.3, 0.4) is 0 Å². The second-order valence-electron chi connectivity index (χ2n) is 3.66. The molecule has 0 radical (unpaired) electrons. The highest BCUT2D eigenvalue weighted by molar-refractivity contribution is 5.89. The Balaban J connectivity index is 2.65. The third kappa shape index (κ3) is 2.35. The van der Waals surface area contributed by atoms with E-state index in [2.05, 4.69) is 15.1 Å². The summed E-state index contributed by atoms with van der Waals surface area (Å²) in [6, 6.07) is 0. The first-order valence-corrected chi connectivity index (χ1v) is 5.31.